The van der Waals surface area contributed by atoms with Gasteiger partial charge in [0, 0.05) is 30.2 Å². The van der Waals surface area contributed by atoms with Crippen LogP contribution in [0.4, 0.5) is 5.69 Å². The van der Waals surface area contributed by atoms with Gasteiger partial charge in [0.2, 0.25) is 0 Å². The topological polar surface area (TPSA) is 89.2 Å². The maximum absolute atomic E-state index is 10.9. The van der Waals surface area contributed by atoms with Gasteiger partial charge in [0.15, 0.2) is 5.69 Å². The van der Waals surface area contributed by atoms with E-state index in [0.717, 1.165) is 6.07 Å². The van der Waals surface area contributed by atoms with Gasteiger partial charge in [-0.2, -0.15) is 0 Å². The summed E-state index contributed by atoms with van der Waals surface area (Å²) in [6, 6.07) is 4.39. The summed E-state index contributed by atoms with van der Waals surface area (Å²) < 4.78 is 0. The highest BCUT2D eigenvalue weighted by Crippen LogP contribution is 2.29. The quantitative estimate of drug-likeness (QED) is 0.678. The van der Waals surface area contributed by atoms with Crippen molar-refractivity contribution in [2.24, 2.45) is 0 Å². The highest BCUT2D eigenvalue weighted by atomic mass is 35.5. The van der Waals surface area contributed by atoms with E-state index < -0.39 is 11.0 Å². The largest absolute Gasteiger partial charge is 0.382 e. The van der Waals surface area contributed by atoms with Crippen molar-refractivity contribution in [1.29, 1.82) is 0 Å². The van der Waals surface area contributed by atoms with Crippen LogP contribution in [0.3, 0.4) is 0 Å². The summed E-state index contributed by atoms with van der Waals surface area (Å²) in [4.78, 5) is 17.9. The molecule has 0 saturated heterocycles. The van der Waals surface area contributed by atoms with E-state index in [-0.39, 0.29) is 16.4 Å². The molecule has 92 valence electrons. The van der Waals surface area contributed by atoms with Crippen molar-refractivity contribution in [3.05, 3.63) is 63.2 Å². The van der Waals surface area contributed by atoms with E-state index in [9.17, 15) is 15.2 Å². The van der Waals surface area contributed by atoms with Crippen molar-refractivity contribution in [1.82, 2.24) is 9.97 Å². The van der Waals surface area contributed by atoms with E-state index in [4.69, 9.17) is 11.6 Å². The summed E-state index contributed by atoms with van der Waals surface area (Å²) in [5.41, 5.74) is 0.0478. The molecule has 0 radical (unpaired) electrons. The molecule has 0 aliphatic carbocycles. The fourth-order valence-corrected chi connectivity index (χ4v) is 1.64. The van der Waals surface area contributed by atoms with Gasteiger partial charge in [-0.1, -0.05) is 17.7 Å². The zero-order valence-corrected chi connectivity index (χ0v) is 9.78. The number of rotatable bonds is 3. The average molecular weight is 266 g/mol. The summed E-state index contributed by atoms with van der Waals surface area (Å²) >= 11 is 5.65. The molecular weight excluding hydrogens is 258 g/mol. The average Bonchev–Trinajstić information content (AvgIpc) is 2.39. The molecule has 0 aliphatic heterocycles. The molecule has 0 fully saturated rings. The number of aliphatic hydroxyl groups is 1. The van der Waals surface area contributed by atoms with Gasteiger partial charge < -0.3 is 5.11 Å². The molecule has 2 aromatic rings. The van der Waals surface area contributed by atoms with Crippen LogP contribution >= 0.6 is 11.6 Å². The Labute approximate surface area is 107 Å². The Bertz CT molecular complexity index is 577. The summed E-state index contributed by atoms with van der Waals surface area (Å²) in [6.45, 7) is 0. The van der Waals surface area contributed by atoms with E-state index in [1.807, 2.05) is 0 Å². The highest BCUT2D eigenvalue weighted by molar-refractivity contribution is 6.30. The van der Waals surface area contributed by atoms with E-state index >= 15 is 0 Å². The first kappa shape index (κ1) is 12.4. The summed E-state index contributed by atoms with van der Waals surface area (Å²) in [7, 11) is 0. The van der Waals surface area contributed by atoms with Crippen LogP contribution in [0.5, 0.6) is 0 Å². The number of aromatic nitrogens is 2. The maximum atomic E-state index is 10.9. The Morgan fingerprint density at radius 2 is 2.22 bits per heavy atom. The summed E-state index contributed by atoms with van der Waals surface area (Å²) in [5, 5.41) is 21.1. The minimum Gasteiger partial charge on any atom is -0.382 e. The van der Waals surface area contributed by atoms with Crippen LogP contribution in [0, 0.1) is 10.1 Å². The van der Waals surface area contributed by atoms with Gasteiger partial charge >= 0.3 is 0 Å². The Morgan fingerprint density at radius 3 is 2.83 bits per heavy atom. The lowest BCUT2D eigenvalue weighted by molar-refractivity contribution is -0.386. The second-order valence-electron chi connectivity index (χ2n) is 3.50. The third kappa shape index (κ3) is 2.44. The van der Waals surface area contributed by atoms with Crippen LogP contribution in [-0.4, -0.2) is 20.0 Å². The molecule has 2 heterocycles. The molecule has 0 aromatic carbocycles. The fraction of sp³-hybridized carbons (Fsp3) is 0.0909. The predicted octanol–water partition coefficient (Wildman–Crippen LogP) is 2.12. The minimum atomic E-state index is -1.21. The zero-order valence-electron chi connectivity index (χ0n) is 9.02. The van der Waals surface area contributed by atoms with Crippen molar-refractivity contribution in [2.75, 3.05) is 0 Å². The van der Waals surface area contributed by atoms with Crippen molar-refractivity contribution < 1.29 is 10.0 Å². The molecule has 1 N–H and O–H groups in total. The molecule has 2 aromatic heterocycles. The first-order chi connectivity index (χ1) is 8.59. The second-order valence-corrected chi connectivity index (χ2v) is 3.94. The molecule has 0 spiro atoms. The fourth-order valence-electron chi connectivity index (χ4n) is 1.49. The van der Waals surface area contributed by atoms with Crippen LogP contribution in [0.1, 0.15) is 17.4 Å². The maximum Gasteiger partial charge on any atom is 0.295 e. The van der Waals surface area contributed by atoms with E-state index in [2.05, 4.69) is 9.97 Å². The Morgan fingerprint density at radius 1 is 1.44 bits per heavy atom. The molecule has 7 heteroatoms. The van der Waals surface area contributed by atoms with E-state index in [0.29, 0.717) is 5.56 Å². The molecule has 2 rings (SSSR count). The number of halogens is 1. The molecule has 0 aliphatic rings. The standard InChI is InChI=1S/C11H8ClN3O3/c12-8-4-9(15(17)18)10(14-6-8)11(16)7-2-1-3-13-5-7/h1-6,11,16H. The lowest BCUT2D eigenvalue weighted by atomic mass is 10.1. The van der Waals surface area contributed by atoms with Gasteiger partial charge in [0.1, 0.15) is 6.10 Å². The van der Waals surface area contributed by atoms with Crippen molar-refractivity contribution in [2.45, 2.75) is 6.10 Å². The van der Waals surface area contributed by atoms with Crippen molar-refractivity contribution >= 4 is 17.3 Å². The predicted molar refractivity (Wildman–Crippen MR) is 64.2 cm³/mol. The second kappa shape index (κ2) is 5.07. The molecule has 1 unspecified atom stereocenters. The van der Waals surface area contributed by atoms with Gasteiger partial charge in [-0.05, 0) is 6.07 Å². The van der Waals surface area contributed by atoms with Crippen LogP contribution in [-0.2, 0) is 0 Å². The van der Waals surface area contributed by atoms with Crippen molar-refractivity contribution in [3.8, 4) is 0 Å². The number of hydrogen-bond donors (Lipinski definition) is 1. The van der Waals surface area contributed by atoms with Crippen LogP contribution in [0.2, 0.25) is 5.02 Å². The van der Waals surface area contributed by atoms with Gasteiger partial charge in [0.25, 0.3) is 5.69 Å². The van der Waals surface area contributed by atoms with Gasteiger partial charge in [0.05, 0.1) is 9.95 Å². The molecule has 1 atom stereocenters. The normalized spacial score (nSPS) is 12.1. The van der Waals surface area contributed by atoms with Crippen LogP contribution in [0.25, 0.3) is 0 Å². The molecule has 18 heavy (non-hydrogen) atoms. The third-order valence-electron chi connectivity index (χ3n) is 2.32. The zero-order chi connectivity index (χ0) is 13.1. The molecule has 0 amide bonds. The SMILES string of the molecule is O=[N+]([O-])c1cc(Cl)cnc1C(O)c1cccnc1. The monoisotopic (exact) mass is 265 g/mol. The first-order valence-electron chi connectivity index (χ1n) is 4.97. The number of aliphatic hydroxyl groups excluding tert-OH is 1. The number of nitrogens with zero attached hydrogens (tertiary/aromatic N) is 3. The summed E-state index contributed by atoms with van der Waals surface area (Å²) in [5.74, 6) is 0. The molecule has 0 saturated carbocycles. The van der Waals surface area contributed by atoms with Crippen LogP contribution < -0.4 is 0 Å². The highest BCUT2D eigenvalue weighted by Gasteiger charge is 2.24. The van der Waals surface area contributed by atoms with E-state index in [1.165, 1.54) is 12.4 Å². The lowest BCUT2D eigenvalue weighted by Crippen LogP contribution is -2.06. The third-order valence-corrected chi connectivity index (χ3v) is 2.53. The Hall–Kier alpha value is -2.05. The van der Waals surface area contributed by atoms with Crippen molar-refractivity contribution in [3.63, 3.8) is 0 Å². The molecule has 6 nitrogen and oxygen atoms in total. The molecular formula is C11H8ClN3O3. The number of pyridine rings is 2. The minimum absolute atomic E-state index is 0.0580. The van der Waals surface area contributed by atoms with Gasteiger partial charge in [-0.25, -0.2) is 4.98 Å². The molecule has 0 bridgehead atoms. The first-order valence-corrected chi connectivity index (χ1v) is 5.35. The number of hydrogen-bond acceptors (Lipinski definition) is 5. The van der Waals surface area contributed by atoms with Gasteiger partial charge in [-0.15, -0.1) is 0 Å². The Kier molecular flexibility index (Phi) is 3.50. The smallest absolute Gasteiger partial charge is 0.295 e. The lowest BCUT2D eigenvalue weighted by Gasteiger charge is -2.10. The van der Waals surface area contributed by atoms with Crippen LogP contribution in [0.15, 0.2) is 36.8 Å². The summed E-state index contributed by atoms with van der Waals surface area (Å²) in [6.07, 6.45) is 3.00. The van der Waals surface area contributed by atoms with Gasteiger partial charge in [-0.3, -0.25) is 15.1 Å². The van der Waals surface area contributed by atoms with E-state index in [1.54, 1.807) is 18.3 Å². The Balaban J connectivity index is 2.48. The number of nitro groups is 1.